The Morgan fingerprint density at radius 1 is 0.600 bits per heavy atom. The molecule has 0 heterocycles. The third-order valence-electron chi connectivity index (χ3n) is 3.32. The molecule has 110 valence electrons. The number of rotatable bonds is 5. The zero-order chi connectivity index (χ0) is 14.6. The summed E-state index contributed by atoms with van der Waals surface area (Å²) in [5.41, 5.74) is 0. The van der Waals surface area contributed by atoms with Crippen molar-refractivity contribution < 1.29 is 19.6 Å². The van der Waals surface area contributed by atoms with Crippen LogP contribution < -0.4 is 10.6 Å². The molecule has 2 aromatic rings. The standard InChI is InChI=1S/C14H20O4P2/c15-19(11-12-20(16,17)18,13-7-3-1-4-8-13)14-9-5-2-6-10-14/h1-10,15-20H,11-12H2. The topological polar surface area (TPSA) is 80.9 Å². The molecule has 0 spiro atoms. The Balaban J connectivity index is 2.39. The minimum absolute atomic E-state index is 0.167. The van der Waals surface area contributed by atoms with E-state index < -0.39 is 15.4 Å². The van der Waals surface area contributed by atoms with Crippen molar-refractivity contribution in [2.45, 2.75) is 0 Å². The molecule has 0 saturated heterocycles. The molecule has 0 unspecified atom stereocenters. The fourth-order valence-corrected chi connectivity index (χ4v) is 7.42. The minimum atomic E-state index is -4.16. The van der Waals surface area contributed by atoms with E-state index in [1.807, 2.05) is 60.7 Å². The molecule has 0 amide bonds. The van der Waals surface area contributed by atoms with Crippen molar-refractivity contribution in [3.05, 3.63) is 60.7 Å². The molecule has 0 aliphatic rings. The Morgan fingerprint density at radius 3 is 1.35 bits per heavy atom. The summed E-state index contributed by atoms with van der Waals surface area (Å²) in [6.07, 6.45) is 0.0102. The van der Waals surface area contributed by atoms with Crippen molar-refractivity contribution in [2.75, 3.05) is 12.3 Å². The molecule has 20 heavy (non-hydrogen) atoms. The van der Waals surface area contributed by atoms with Crippen LogP contribution in [0.15, 0.2) is 60.7 Å². The van der Waals surface area contributed by atoms with Crippen LogP contribution in [0.1, 0.15) is 0 Å². The maximum absolute atomic E-state index is 11.1. The van der Waals surface area contributed by atoms with Gasteiger partial charge in [0.15, 0.2) is 0 Å². The fraction of sp³-hybridized carbons (Fsp3) is 0.143. The van der Waals surface area contributed by atoms with Crippen molar-refractivity contribution >= 4 is 26.0 Å². The Labute approximate surface area is 119 Å². The second-order valence-corrected chi connectivity index (χ2v) is 10.3. The van der Waals surface area contributed by atoms with Gasteiger partial charge in [0.2, 0.25) is 0 Å². The summed E-state index contributed by atoms with van der Waals surface area (Å²) >= 11 is 0. The Bertz CT molecular complexity index is 501. The summed E-state index contributed by atoms with van der Waals surface area (Å²) < 4.78 is 0. The van der Waals surface area contributed by atoms with Crippen molar-refractivity contribution in [3.63, 3.8) is 0 Å². The molecular formula is C14H20O4P2. The van der Waals surface area contributed by atoms with E-state index in [1.165, 1.54) is 0 Å². The summed E-state index contributed by atoms with van der Waals surface area (Å²) in [6, 6.07) is 18.5. The monoisotopic (exact) mass is 314 g/mol. The van der Waals surface area contributed by atoms with E-state index in [9.17, 15) is 19.6 Å². The first-order valence-corrected chi connectivity index (χ1v) is 10.6. The molecule has 0 fully saturated rings. The number of hydrogen-bond acceptors (Lipinski definition) is 4. The summed E-state index contributed by atoms with van der Waals surface area (Å²) in [7, 11) is -7.21. The van der Waals surface area contributed by atoms with Gasteiger partial charge in [-0.25, -0.2) is 0 Å². The molecule has 4 nitrogen and oxygen atoms in total. The van der Waals surface area contributed by atoms with Gasteiger partial charge in [0, 0.05) is 0 Å². The molecule has 6 heteroatoms. The van der Waals surface area contributed by atoms with Gasteiger partial charge in [-0.05, 0) is 0 Å². The van der Waals surface area contributed by atoms with E-state index in [0.717, 1.165) is 10.6 Å². The SMILES string of the molecule is O[PH](O)(O)CC[PH](O)(c1ccccc1)c1ccccc1. The van der Waals surface area contributed by atoms with E-state index in [-0.39, 0.29) is 12.3 Å². The van der Waals surface area contributed by atoms with Crippen LogP contribution >= 0.6 is 15.4 Å². The van der Waals surface area contributed by atoms with Crippen LogP contribution in [0.4, 0.5) is 0 Å². The predicted molar refractivity (Wildman–Crippen MR) is 87.4 cm³/mol. The van der Waals surface area contributed by atoms with Crippen LogP contribution in [-0.2, 0) is 0 Å². The molecular weight excluding hydrogens is 294 g/mol. The molecule has 0 radical (unpaired) electrons. The number of hydrogen-bond donors (Lipinski definition) is 4. The molecule has 2 aromatic carbocycles. The predicted octanol–water partition coefficient (Wildman–Crippen LogP) is 0.766. The quantitative estimate of drug-likeness (QED) is 0.615. The van der Waals surface area contributed by atoms with Gasteiger partial charge in [-0.1, -0.05) is 0 Å². The van der Waals surface area contributed by atoms with E-state index in [2.05, 4.69) is 0 Å². The van der Waals surface area contributed by atoms with Gasteiger partial charge in [0.05, 0.1) is 0 Å². The van der Waals surface area contributed by atoms with Gasteiger partial charge in [-0.2, -0.15) is 0 Å². The number of benzene rings is 2. The van der Waals surface area contributed by atoms with Gasteiger partial charge in [0.1, 0.15) is 0 Å². The van der Waals surface area contributed by atoms with Gasteiger partial charge < -0.3 is 0 Å². The molecule has 0 aliphatic carbocycles. The zero-order valence-electron chi connectivity index (χ0n) is 11.0. The van der Waals surface area contributed by atoms with Crippen molar-refractivity contribution in [2.24, 2.45) is 0 Å². The van der Waals surface area contributed by atoms with Crippen molar-refractivity contribution in [3.8, 4) is 0 Å². The molecule has 4 N–H and O–H groups in total. The van der Waals surface area contributed by atoms with Gasteiger partial charge in [-0.3, -0.25) is 0 Å². The van der Waals surface area contributed by atoms with E-state index in [0.29, 0.717) is 0 Å². The molecule has 0 aliphatic heterocycles. The first kappa shape index (κ1) is 15.5. The van der Waals surface area contributed by atoms with Crippen molar-refractivity contribution in [1.29, 1.82) is 0 Å². The molecule has 0 bridgehead atoms. The van der Waals surface area contributed by atoms with Gasteiger partial charge in [-0.15, -0.1) is 0 Å². The normalized spacial score (nSPS) is 14.0. The van der Waals surface area contributed by atoms with E-state index in [4.69, 9.17) is 0 Å². The average Bonchev–Trinajstić information content (AvgIpc) is 2.46. The third-order valence-corrected chi connectivity index (χ3v) is 8.30. The van der Waals surface area contributed by atoms with Crippen LogP contribution in [0.25, 0.3) is 0 Å². The first-order valence-electron chi connectivity index (χ1n) is 6.42. The molecule has 2 rings (SSSR count). The van der Waals surface area contributed by atoms with Crippen LogP contribution in [0.3, 0.4) is 0 Å². The molecule has 0 aromatic heterocycles. The first-order chi connectivity index (χ1) is 9.42. The summed E-state index contributed by atoms with van der Waals surface area (Å²) in [6.45, 7) is 0. The van der Waals surface area contributed by atoms with Gasteiger partial charge in [0.25, 0.3) is 0 Å². The fourth-order valence-electron chi connectivity index (χ4n) is 2.23. The van der Waals surface area contributed by atoms with Crippen molar-refractivity contribution in [1.82, 2.24) is 0 Å². The van der Waals surface area contributed by atoms with Crippen LogP contribution in [0, 0.1) is 0 Å². The van der Waals surface area contributed by atoms with Gasteiger partial charge >= 0.3 is 119 Å². The molecule has 0 saturated carbocycles. The summed E-state index contributed by atoms with van der Waals surface area (Å²) in [5, 5.41) is 1.59. The van der Waals surface area contributed by atoms with Crippen LogP contribution in [0.5, 0.6) is 0 Å². The second kappa shape index (κ2) is 6.28. The Kier molecular flexibility index (Phi) is 4.87. The zero-order valence-corrected chi connectivity index (χ0v) is 13.0. The Morgan fingerprint density at radius 2 is 1.00 bits per heavy atom. The van der Waals surface area contributed by atoms with E-state index in [1.54, 1.807) is 0 Å². The van der Waals surface area contributed by atoms with E-state index >= 15 is 0 Å². The van der Waals surface area contributed by atoms with Crippen LogP contribution in [0.2, 0.25) is 0 Å². The molecule has 0 atom stereocenters. The maximum atomic E-state index is 11.1. The third kappa shape index (κ3) is 3.83. The second-order valence-electron chi connectivity index (χ2n) is 4.87. The summed E-state index contributed by atoms with van der Waals surface area (Å²) in [4.78, 5) is 38.9. The Hall–Kier alpha value is -0.860. The summed E-state index contributed by atoms with van der Waals surface area (Å²) in [5.74, 6) is 0. The average molecular weight is 314 g/mol. The van der Waals surface area contributed by atoms with Crippen LogP contribution in [-0.4, -0.2) is 31.9 Å².